The van der Waals surface area contributed by atoms with E-state index in [0.29, 0.717) is 12.8 Å². The largest absolute Gasteiger partial charge is 0.355 e. The van der Waals surface area contributed by atoms with Gasteiger partial charge in [-0.15, -0.1) is 0 Å². The first-order valence-corrected chi connectivity index (χ1v) is 6.12. The molecule has 0 saturated heterocycles. The van der Waals surface area contributed by atoms with E-state index in [-0.39, 0.29) is 18.2 Å². The summed E-state index contributed by atoms with van der Waals surface area (Å²) in [4.78, 5) is 11.1. The van der Waals surface area contributed by atoms with E-state index in [2.05, 4.69) is 5.32 Å². The third kappa shape index (κ3) is 6.81. The SMILES string of the molecule is CC[C@H](N)C(=O)NCCCS(N)(=O)=O. The molecule has 84 valence electrons. The average molecular weight is 223 g/mol. The van der Waals surface area contributed by atoms with E-state index in [1.54, 1.807) is 6.92 Å². The number of hydrogen-bond donors (Lipinski definition) is 3. The van der Waals surface area contributed by atoms with Gasteiger partial charge in [0.2, 0.25) is 15.9 Å². The molecule has 1 amide bonds. The topological polar surface area (TPSA) is 115 Å². The molecule has 14 heavy (non-hydrogen) atoms. The summed E-state index contributed by atoms with van der Waals surface area (Å²) in [6.45, 7) is 2.08. The molecule has 0 aromatic carbocycles. The van der Waals surface area contributed by atoms with Crippen LogP contribution in [0.1, 0.15) is 19.8 Å². The predicted molar refractivity (Wildman–Crippen MR) is 53.9 cm³/mol. The number of hydrogen-bond acceptors (Lipinski definition) is 4. The van der Waals surface area contributed by atoms with E-state index < -0.39 is 16.1 Å². The Labute approximate surface area is 84.1 Å². The fraction of sp³-hybridized carbons (Fsp3) is 0.857. The van der Waals surface area contributed by atoms with Crippen LogP contribution in [-0.4, -0.2) is 32.7 Å². The molecule has 5 N–H and O–H groups in total. The van der Waals surface area contributed by atoms with Crippen molar-refractivity contribution in [2.75, 3.05) is 12.3 Å². The van der Waals surface area contributed by atoms with Crippen molar-refractivity contribution in [1.29, 1.82) is 0 Å². The minimum atomic E-state index is -3.43. The highest BCUT2D eigenvalue weighted by atomic mass is 32.2. The molecule has 1 atom stereocenters. The van der Waals surface area contributed by atoms with Gasteiger partial charge in [-0.25, -0.2) is 13.6 Å². The Bertz CT molecular complexity index is 276. The van der Waals surface area contributed by atoms with Crippen LogP contribution in [0.25, 0.3) is 0 Å². The first kappa shape index (κ1) is 13.3. The maximum Gasteiger partial charge on any atom is 0.236 e. The summed E-state index contributed by atoms with van der Waals surface area (Å²) in [6, 6.07) is -0.524. The molecule has 0 bridgehead atoms. The molecule has 0 aliphatic rings. The van der Waals surface area contributed by atoms with Crippen molar-refractivity contribution < 1.29 is 13.2 Å². The second kappa shape index (κ2) is 5.94. The molecule has 0 heterocycles. The van der Waals surface area contributed by atoms with Crippen molar-refractivity contribution in [3.63, 3.8) is 0 Å². The molecule has 0 unspecified atom stereocenters. The molecule has 0 radical (unpaired) electrons. The van der Waals surface area contributed by atoms with Crippen LogP contribution in [0, 0.1) is 0 Å². The van der Waals surface area contributed by atoms with Crippen LogP contribution in [0.2, 0.25) is 0 Å². The highest BCUT2D eigenvalue weighted by Gasteiger charge is 2.10. The number of carbonyl (C=O) groups is 1. The van der Waals surface area contributed by atoms with Crippen LogP contribution in [0.15, 0.2) is 0 Å². The van der Waals surface area contributed by atoms with E-state index in [0.717, 1.165) is 0 Å². The van der Waals surface area contributed by atoms with Crippen LogP contribution >= 0.6 is 0 Å². The van der Waals surface area contributed by atoms with Gasteiger partial charge >= 0.3 is 0 Å². The minimum Gasteiger partial charge on any atom is -0.355 e. The fourth-order valence-corrected chi connectivity index (χ4v) is 1.35. The normalized spacial score (nSPS) is 13.6. The average Bonchev–Trinajstić information content (AvgIpc) is 2.09. The summed E-state index contributed by atoms with van der Waals surface area (Å²) in [5, 5.41) is 7.30. The zero-order valence-corrected chi connectivity index (χ0v) is 9.01. The lowest BCUT2D eigenvalue weighted by Crippen LogP contribution is -2.40. The lowest BCUT2D eigenvalue weighted by Gasteiger charge is -2.09. The third-order valence-electron chi connectivity index (χ3n) is 1.68. The van der Waals surface area contributed by atoms with Gasteiger partial charge in [-0.2, -0.15) is 0 Å². The molecule has 0 aliphatic carbocycles. The maximum absolute atomic E-state index is 11.1. The molecule has 0 aromatic heterocycles. The molecule has 6 nitrogen and oxygen atoms in total. The van der Waals surface area contributed by atoms with Gasteiger partial charge in [0, 0.05) is 6.54 Å². The summed E-state index contributed by atoms with van der Waals surface area (Å²) < 4.78 is 21.0. The first-order valence-electron chi connectivity index (χ1n) is 4.40. The van der Waals surface area contributed by atoms with Gasteiger partial charge in [0.15, 0.2) is 0 Å². The van der Waals surface area contributed by atoms with Gasteiger partial charge < -0.3 is 11.1 Å². The van der Waals surface area contributed by atoms with Crippen molar-refractivity contribution in [2.24, 2.45) is 10.9 Å². The zero-order valence-electron chi connectivity index (χ0n) is 8.19. The van der Waals surface area contributed by atoms with E-state index >= 15 is 0 Å². The Hall–Kier alpha value is -0.660. The molecule has 0 aromatic rings. The lowest BCUT2D eigenvalue weighted by molar-refractivity contribution is -0.122. The fourth-order valence-electron chi connectivity index (χ4n) is 0.801. The molecule has 0 aliphatic heterocycles. The van der Waals surface area contributed by atoms with Crippen LogP contribution < -0.4 is 16.2 Å². The molecule has 0 saturated carbocycles. The van der Waals surface area contributed by atoms with Crippen molar-refractivity contribution >= 4 is 15.9 Å². The van der Waals surface area contributed by atoms with Crippen LogP contribution in [0.5, 0.6) is 0 Å². The number of nitrogens with one attached hydrogen (secondary N) is 1. The quantitative estimate of drug-likeness (QED) is 0.476. The first-order chi connectivity index (χ1) is 6.37. The Morgan fingerprint density at radius 1 is 1.50 bits per heavy atom. The van der Waals surface area contributed by atoms with Crippen LogP contribution in [-0.2, 0) is 14.8 Å². The zero-order chi connectivity index (χ0) is 11.2. The Morgan fingerprint density at radius 2 is 2.07 bits per heavy atom. The number of primary sulfonamides is 1. The number of sulfonamides is 1. The van der Waals surface area contributed by atoms with Gasteiger partial charge in [0.05, 0.1) is 11.8 Å². The number of rotatable bonds is 6. The number of carbonyl (C=O) groups excluding carboxylic acids is 1. The molecule has 0 fully saturated rings. The summed E-state index contributed by atoms with van der Waals surface area (Å²) >= 11 is 0. The Kier molecular flexibility index (Phi) is 5.66. The summed E-state index contributed by atoms with van der Waals surface area (Å²) in [5.41, 5.74) is 5.43. The highest BCUT2D eigenvalue weighted by molar-refractivity contribution is 7.89. The van der Waals surface area contributed by atoms with Crippen molar-refractivity contribution in [1.82, 2.24) is 5.32 Å². The smallest absolute Gasteiger partial charge is 0.236 e. The third-order valence-corrected chi connectivity index (χ3v) is 2.54. The summed E-state index contributed by atoms with van der Waals surface area (Å²) in [5.74, 6) is -0.392. The van der Waals surface area contributed by atoms with E-state index in [9.17, 15) is 13.2 Å². The van der Waals surface area contributed by atoms with Gasteiger partial charge in [0.25, 0.3) is 0 Å². The van der Waals surface area contributed by atoms with Crippen LogP contribution in [0.3, 0.4) is 0 Å². The van der Waals surface area contributed by atoms with E-state index in [1.165, 1.54) is 0 Å². The summed E-state index contributed by atoms with van der Waals surface area (Å²) in [6.07, 6.45) is 0.863. The molecule has 0 rings (SSSR count). The van der Waals surface area contributed by atoms with E-state index in [4.69, 9.17) is 10.9 Å². The molecule has 0 spiro atoms. The highest BCUT2D eigenvalue weighted by Crippen LogP contribution is 1.87. The van der Waals surface area contributed by atoms with Gasteiger partial charge in [-0.1, -0.05) is 6.92 Å². The van der Waals surface area contributed by atoms with Crippen LogP contribution in [0.4, 0.5) is 0 Å². The molecular weight excluding hydrogens is 206 g/mol. The number of nitrogens with two attached hydrogens (primary N) is 2. The van der Waals surface area contributed by atoms with E-state index in [1.807, 2.05) is 0 Å². The van der Waals surface area contributed by atoms with Crippen molar-refractivity contribution in [3.05, 3.63) is 0 Å². The predicted octanol–water partition coefficient (Wildman–Crippen LogP) is -1.48. The van der Waals surface area contributed by atoms with Gasteiger partial charge in [-0.3, -0.25) is 4.79 Å². The standard InChI is InChI=1S/C7H17N3O3S/c1-2-6(8)7(11)10-4-3-5-14(9,12)13/h6H,2-5,8H2,1H3,(H,10,11)(H2,9,12,13)/t6-/m0/s1. The van der Waals surface area contributed by atoms with Crippen molar-refractivity contribution in [3.8, 4) is 0 Å². The monoisotopic (exact) mass is 223 g/mol. The Balaban J connectivity index is 3.61. The van der Waals surface area contributed by atoms with Crippen molar-refractivity contribution in [2.45, 2.75) is 25.8 Å². The Morgan fingerprint density at radius 3 is 2.50 bits per heavy atom. The number of amides is 1. The van der Waals surface area contributed by atoms with Gasteiger partial charge in [-0.05, 0) is 12.8 Å². The summed E-state index contributed by atoms with van der Waals surface area (Å²) in [7, 11) is -3.43. The maximum atomic E-state index is 11.1. The lowest BCUT2D eigenvalue weighted by atomic mass is 10.2. The van der Waals surface area contributed by atoms with Gasteiger partial charge in [0.1, 0.15) is 0 Å². The molecule has 7 heteroatoms. The second-order valence-electron chi connectivity index (χ2n) is 3.03. The minimum absolute atomic E-state index is 0.130. The second-order valence-corrected chi connectivity index (χ2v) is 4.76. The molecular formula is C7H17N3O3S.